The summed E-state index contributed by atoms with van der Waals surface area (Å²) in [5.41, 5.74) is 6.27. The van der Waals surface area contributed by atoms with Crippen molar-refractivity contribution in [2.24, 2.45) is 0 Å². The molecule has 6 heteroatoms. The lowest BCUT2D eigenvalue weighted by Crippen LogP contribution is -2.31. The zero-order valence-electron chi connectivity index (χ0n) is 8.84. The average molecular weight is 234 g/mol. The van der Waals surface area contributed by atoms with E-state index in [0.29, 0.717) is 0 Å². The number of aliphatic carboxylic acids is 1. The number of carboxylic acid groups (broad SMARTS) is 1. The summed E-state index contributed by atoms with van der Waals surface area (Å²) in [7, 11) is 0. The van der Waals surface area contributed by atoms with E-state index in [4.69, 9.17) is 10.8 Å². The first-order chi connectivity index (χ1) is 8.02. The fourth-order valence-corrected chi connectivity index (χ4v) is 1.77. The van der Waals surface area contributed by atoms with E-state index in [0.717, 1.165) is 4.90 Å². The molecule has 17 heavy (non-hydrogen) atoms. The van der Waals surface area contributed by atoms with Gasteiger partial charge in [0.2, 0.25) is 0 Å². The molecular formula is C11H10N2O4. The normalized spacial score (nSPS) is 14.0. The molecule has 0 saturated carbocycles. The highest BCUT2D eigenvalue weighted by molar-refractivity contribution is 6.23. The number of fused-ring (bicyclic) bond motifs is 1. The van der Waals surface area contributed by atoms with Crippen LogP contribution in [0.3, 0.4) is 0 Å². The molecule has 0 unspecified atom stereocenters. The maximum atomic E-state index is 11.9. The number of carboxylic acids is 1. The van der Waals surface area contributed by atoms with Gasteiger partial charge in [-0.1, -0.05) is 6.07 Å². The second-order valence-electron chi connectivity index (χ2n) is 3.68. The highest BCUT2D eigenvalue weighted by Gasteiger charge is 2.36. The van der Waals surface area contributed by atoms with Crippen molar-refractivity contribution in [2.75, 3.05) is 12.3 Å². The van der Waals surface area contributed by atoms with Gasteiger partial charge in [-0.2, -0.15) is 0 Å². The number of carbonyl (C=O) groups excluding carboxylic acids is 2. The first-order valence-electron chi connectivity index (χ1n) is 4.99. The van der Waals surface area contributed by atoms with Crippen LogP contribution in [-0.2, 0) is 4.79 Å². The zero-order valence-corrected chi connectivity index (χ0v) is 8.84. The van der Waals surface area contributed by atoms with Crippen LogP contribution in [0.15, 0.2) is 18.2 Å². The monoisotopic (exact) mass is 234 g/mol. The SMILES string of the molecule is Nc1cccc2c1C(=O)N(CCC(=O)O)C2=O. The minimum Gasteiger partial charge on any atom is -0.481 e. The van der Waals surface area contributed by atoms with Gasteiger partial charge in [0.05, 0.1) is 17.5 Å². The molecule has 0 atom stereocenters. The molecule has 0 radical (unpaired) electrons. The van der Waals surface area contributed by atoms with Crippen LogP contribution in [0.25, 0.3) is 0 Å². The molecule has 0 spiro atoms. The lowest BCUT2D eigenvalue weighted by molar-refractivity contribution is -0.137. The summed E-state index contributed by atoms with van der Waals surface area (Å²) in [5, 5.41) is 8.54. The number of rotatable bonds is 3. The van der Waals surface area contributed by atoms with Crippen molar-refractivity contribution >= 4 is 23.5 Å². The van der Waals surface area contributed by atoms with Crippen LogP contribution < -0.4 is 5.73 Å². The maximum Gasteiger partial charge on any atom is 0.305 e. The third-order valence-corrected chi connectivity index (χ3v) is 2.58. The van der Waals surface area contributed by atoms with Gasteiger partial charge in [-0.3, -0.25) is 19.3 Å². The molecule has 0 bridgehead atoms. The number of benzene rings is 1. The Balaban J connectivity index is 2.33. The third-order valence-electron chi connectivity index (χ3n) is 2.58. The summed E-state index contributed by atoms with van der Waals surface area (Å²) in [4.78, 5) is 35.0. The number of anilines is 1. The Morgan fingerprint density at radius 2 is 2.00 bits per heavy atom. The smallest absolute Gasteiger partial charge is 0.305 e. The summed E-state index contributed by atoms with van der Waals surface area (Å²) >= 11 is 0. The van der Waals surface area contributed by atoms with Gasteiger partial charge < -0.3 is 10.8 Å². The number of carbonyl (C=O) groups is 3. The van der Waals surface area contributed by atoms with Gasteiger partial charge in [0.1, 0.15) is 0 Å². The van der Waals surface area contributed by atoms with E-state index < -0.39 is 17.8 Å². The van der Waals surface area contributed by atoms with E-state index in [1.165, 1.54) is 12.1 Å². The minimum atomic E-state index is -1.06. The van der Waals surface area contributed by atoms with Gasteiger partial charge in [0.15, 0.2) is 0 Å². The van der Waals surface area contributed by atoms with Gasteiger partial charge >= 0.3 is 5.97 Å². The first kappa shape index (κ1) is 11.1. The van der Waals surface area contributed by atoms with Crippen molar-refractivity contribution in [2.45, 2.75) is 6.42 Å². The van der Waals surface area contributed by atoms with E-state index >= 15 is 0 Å². The third kappa shape index (κ3) is 1.73. The predicted molar refractivity (Wildman–Crippen MR) is 58.5 cm³/mol. The number of nitrogen functional groups attached to an aromatic ring is 1. The minimum absolute atomic E-state index is 0.138. The molecule has 1 aromatic rings. The Labute approximate surface area is 96.6 Å². The predicted octanol–water partition coefficient (Wildman–Crippen LogP) is 0.339. The Hall–Kier alpha value is -2.37. The van der Waals surface area contributed by atoms with E-state index in [2.05, 4.69) is 0 Å². The molecule has 88 valence electrons. The van der Waals surface area contributed by atoms with Crippen molar-refractivity contribution in [3.63, 3.8) is 0 Å². The molecule has 1 aliphatic rings. The van der Waals surface area contributed by atoms with Crippen molar-refractivity contribution in [3.8, 4) is 0 Å². The lowest BCUT2D eigenvalue weighted by atomic mass is 10.1. The summed E-state index contributed by atoms with van der Waals surface area (Å²) in [6.45, 7) is -0.138. The highest BCUT2D eigenvalue weighted by atomic mass is 16.4. The summed E-state index contributed by atoms with van der Waals surface area (Å²) in [6, 6.07) is 4.62. The molecule has 1 aromatic carbocycles. The van der Waals surface area contributed by atoms with Crippen molar-refractivity contribution in [3.05, 3.63) is 29.3 Å². The van der Waals surface area contributed by atoms with Crippen LogP contribution in [-0.4, -0.2) is 34.3 Å². The fourth-order valence-electron chi connectivity index (χ4n) is 1.77. The Morgan fingerprint density at radius 3 is 2.59 bits per heavy atom. The lowest BCUT2D eigenvalue weighted by Gasteiger charge is -2.11. The molecular weight excluding hydrogens is 224 g/mol. The molecule has 6 nitrogen and oxygen atoms in total. The van der Waals surface area contributed by atoms with Crippen LogP contribution >= 0.6 is 0 Å². The van der Waals surface area contributed by atoms with Crippen molar-refractivity contribution in [1.29, 1.82) is 0 Å². The molecule has 2 amide bonds. The highest BCUT2D eigenvalue weighted by Crippen LogP contribution is 2.27. The molecule has 2 rings (SSSR count). The molecule has 3 N–H and O–H groups in total. The van der Waals surface area contributed by atoms with Gasteiger partial charge in [-0.05, 0) is 12.1 Å². The van der Waals surface area contributed by atoms with E-state index in [-0.39, 0.29) is 29.8 Å². The van der Waals surface area contributed by atoms with Gasteiger partial charge in [-0.15, -0.1) is 0 Å². The van der Waals surface area contributed by atoms with Crippen LogP contribution in [0.4, 0.5) is 5.69 Å². The second kappa shape index (κ2) is 3.89. The molecule has 0 fully saturated rings. The fraction of sp³-hybridized carbons (Fsp3) is 0.182. The summed E-state index contributed by atoms with van der Waals surface area (Å²) in [5.74, 6) is -2.07. The Morgan fingerprint density at radius 1 is 1.29 bits per heavy atom. The average Bonchev–Trinajstić information content (AvgIpc) is 2.50. The van der Waals surface area contributed by atoms with Crippen LogP contribution in [0.5, 0.6) is 0 Å². The number of amides is 2. The summed E-state index contributed by atoms with van der Waals surface area (Å²) in [6.07, 6.45) is -0.272. The van der Waals surface area contributed by atoms with Gasteiger partial charge in [0.25, 0.3) is 11.8 Å². The van der Waals surface area contributed by atoms with Crippen molar-refractivity contribution in [1.82, 2.24) is 4.90 Å². The van der Waals surface area contributed by atoms with Gasteiger partial charge in [0, 0.05) is 12.2 Å². The molecule has 1 aliphatic heterocycles. The van der Waals surface area contributed by atoms with E-state index in [1.54, 1.807) is 6.07 Å². The van der Waals surface area contributed by atoms with Crippen molar-refractivity contribution < 1.29 is 19.5 Å². The first-order valence-corrected chi connectivity index (χ1v) is 4.99. The quantitative estimate of drug-likeness (QED) is 0.580. The number of hydrogen-bond donors (Lipinski definition) is 2. The topological polar surface area (TPSA) is 101 Å². The standard InChI is InChI=1S/C11H10N2O4/c12-7-3-1-2-6-9(7)11(17)13(10(6)16)5-4-8(14)15/h1-3H,4-5,12H2,(H,14,15). The molecule has 1 heterocycles. The molecule has 0 aromatic heterocycles. The zero-order chi connectivity index (χ0) is 12.6. The number of nitrogens with two attached hydrogens (primary N) is 1. The van der Waals surface area contributed by atoms with E-state index in [9.17, 15) is 14.4 Å². The van der Waals surface area contributed by atoms with Crippen LogP contribution in [0.1, 0.15) is 27.1 Å². The molecule has 0 saturated heterocycles. The Kier molecular flexibility index (Phi) is 2.55. The number of imide groups is 1. The number of hydrogen-bond acceptors (Lipinski definition) is 4. The van der Waals surface area contributed by atoms with Crippen LogP contribution in [0.2, 0.25) is 0 Å². The Bertz CT molecular complexity index is 524. The summed E-state index contributed by atoms with van der Waals surface area (Å²) < 4.78 is 0. The second-order valence-corrected chi connectivity index (χ2v) is 3.68. The largest absolute Gasteiger partial charge is 0.481 e. The van der Waals surface area contributed by atoms with E-state index in [1.807, 2.05) is 0 Å². The van der Waals surface area contributed by atoms with Crippen LogP contribution in [0, 0.1) is 0 Å². The number of nitrogens with zero attached hydrogens (tertiary/aromatic N) is 1. The molecule has 0 aliphatic carbocycles. The maximum absolute atomic E-state index is 11.9. The van der Waals surface area contributed by atoms with Gasteiger partial charge in [-0.25, -0.2) is 0 Å².